The minimum Gasteiger partial charge on any atom is -0.427 e. The van der Waals surface area contributed by atoms with E-state index in [0.29, 0.717) is 16.7 Å². The zero-order valence-corrected chi connectivity index (χ0v) is 19.2. The van der Waals surface area contributed by atoms with E-state index in [1.807, 2.05) is 0 Å². The van der Waals surface area contributed by atoms with Crippen molar-refractivity contribution in [1.29, 1.82) is 0 Å². The molecule has 0 bridgehead atoms. The van der Waals surface area contributed by atoms with Gasteiger partial charge >= 0.3 is 11.9 Å². The number of rotatable bonds is 5. The zero-order valence-electron chi connectivity index (χ0n) is 17.6. The van der Waals surface area contributed by atoms with Crippen molar-refractivity contribution < 1.29 is 27.5 Å². The second-order valence-corrected chi connectivity index (χ2v) is 9.30. The normalized spacial score (nSPS) is 11.4. The number of nitrogens with zero attached hydrogens (tertiary/aromatic N) is 1. The minimum absolute atomic E-state index is 0.0641. The van der Waals surface area contributed by atoms with E-state index in [1.54, 1.807) is 54.6 Å². The van der Waals surface area contributed by atoms with Crippen LogP contribution in [0.2, 0.25) is 5.02 Å². The number of ether oxygens (including phenoxy) is 2. The molecule has 0 spiro atoms. The van der Waals surface area contributed by atoms with Crippen molar-refractivity contribution in [3.63, 3.8) is 0 Å². The lowest BCUT2D eigenvalue weighted by atomic mass is 10.1. The molecule has 0 aliphatic carbocycles. The first kappa shape index (κ1) is 22.6. The van der Waals surface area contributed by atoms with Crippen LogP contribution in [0.15, 0.2) is 77.7 Å². The van der Waals surface area contributed by atoms with E-state index in [9.17, 15) is 18.0 Å². The number of aromatic nitrogens is 1. The molecule has 0 aliphatic rings. The average molecular weight is 484 g/mol. The van der Waals surface area contributed by atoms with Crippen LogP contribution in [0.5, 0.6) is 11.5 Å². The standard InChI is InChI=1S/C24H18ClNO6S/c1-15(27)31-18-10-8-17(9-11-18)24-23(25)21-13-12-19(32-16(2)28)14-22(21)26(24)33(29,30)20-6-4-3-5-7-20/h3-14H,1-2H3. The molecule has 168 valence electrons. The summed E-state index contributed by atoms with van der Waals surface area (Å²) in [5.74, 6) is -0.510. The number of carbonyl (C=O) groups is 2. The Morgan fingerprint density at radius 2 is 1.39 bits per heavy atom. The second kappa shape index (κ2) is 8.73. The van der Waals surface area contributed by atoms with Gasteiger partial charge in [-0.05, 0) is 48.5 Å². The number of hydrogen-bond acceptors (Lipinski definition) is 6. The SMILES string of the molecule is CC(=O)Oc1ccc(-c2c(Cl)c3ccc(OC(C)=O)cc3n2S(=O)(=O)c2ccccc2)cc1. The highest BCUT2D eigenvalue weighted by Crippen LogP contribution is 2.41. The maximum atomic E-state index is 13.7. The van der Waals surface area contributed by atoms with Crippen LogP contribution < -0.4 is 9.47 Å². The molecule has 0 radical (unpaired) electrons. The van der Waals surface area contributed by atoms with Gasteiger partial charge in [-0.3, -0.25) is 9.59 Å². The van der Waals surface area contributed by atoms with E-state index in [1.165, 1.54) is 32.0 Å². The molecule has 1 heterocycles. The minimum atomic E-state index is -4.09. The van der Waals surface area contributed by atoms with Crippen molar-refractivity contribution in [3.8, 4) is 22.8 Å². The molecule has 0 unspecified atom stereocenters. The van der Waals surface area contributed by atoms with E-state index in [2.05, 4.69) is 0 Å². The molecule has 0 fully saturated rings. The Balaban J connectivity index is 2.01. The summed E-state index contributed by atoms with van der Waals surface area (Å²) in [7, 11) is -4.09. The number of benzene rings is 3. The summed E-state index contributed by atoms with van der Waals surface area (Å²) < 4.78 is 38.8. The van der Waals surface area contributed by atoms with Crippen LogP contribution >= 0.6 is 11.6 Å². The fraction of sp³-hybridized carbons (Fsp3) is 0.0833. The third-order valence-corrected chi connectivity index (χ3v) is 6.88. The molecule has 1 aromatic heterocycles. The number of hydrogen-bond donors (Lipinski definition) is 0. The maximum absolute atomic E-state index is 13.7. The molecule has 4 rings (SSSR count). The van der Waals surface area contributed by atoms with Crippen LogP contribution in [0, 0.1) is 0 Å². The number of carbonyl (C=O) groups excluding carboxylic acids is 2. The predicted octanol–water partition coefficient (Wildman–Crippen LogP) is 5.05. The summed E-state index contributed by atoms with van der Waals surface area (Å²) in [4.78, 5) is 22.7. The highest BCUT2D eigenvalue weighted by Gasteiger charge is 2.28. The lowest BCUT2D eigenvalue weighted by Crippen LogP contribution is -2.14. The highest BCUT2D eigenvalue weighted by atomic mass is 35.5. The van der Waals surface area contributed by atoms with Crippen LogP contribution in [0.3, 0.4) is 0 Å². The Morgan fingerprint density at radius 3 is 2.00 bits per heavy atom. The first-order valence-corrected chi connectivity index (χ1v) is 11.6. The fourth-order valence-corrected chi connectivity index (χ4v) is 5.43. The molecule has 0 saturated heterocycles. The predicted molar refractivity (Wildman–Crippen MR) is 124 cm³/mol. The van der Waals surface area contributed by atoms with Crippen LogP contribution in [0.25, 0.3) is 22.2 Å². The first-order valence-electron chi connectivity index (χ1n) is 9.80. The van der Waals surface area contributed by atoms with Crippen LogP contribution in [0.1, 0.15) is 13.8 Å². The molecule has 0 amide bonds. The lowest BCUT2D eigenvalue weighted by Gasteiger charge is -2.13. The molecule has 0 aliphatic heterocycles. The van der Waals surface area contributed by atoms with Gasteiger partial charge in [-0.1, -0.05) is 29.8 Å². The van der Waals surface area contributed by atoms with Crippen LogP contribution in [-0.2, 0) is 19.6 Å². The topological polar surface area (TPSA) is 91.7 Å². The molecule has 0 N–H and O–H groups in total. The molecular formula is C24H18ClNO6S. The van der Waals surface area contributed by atoms with Gasteiger partial charge in [0.1, 0.15) is 11.5 Å². The maximum Gasteiger partial charge on any atom is 0.308 e. The van der Waals surface area contributed by atoms with Crippen molar-refractivity contribution in [2.24, 2.45) is 0 Å². The average Bonchev–Trinajstić information content (AvgIpc) is 3.06. The zero-order chi connectivity index (χ0) is 23.8. The van der Waals surface area contributed by atoms with Gasteiger partial charge in [-0.15, -0.1) is 0 Å². The summed E-state index contributed by atoms with van der Waals surface area (Å²) >= 11 is 6.69. The molecule has 33 heavy (non-hydrogen) atoms. The largest absolute Gasteiger partial charge is 0.427 e. The Morgan fingerprint density at radius 1 is 0.818 bits per heavy atom. The molecule has 7 nitrogen and oxygen atoms in total. The summed E-state index contributed by atoms with van der Waals surface area (Å²) in [6.45, 7) is 2.54. The van der Waals surface area contributed by atoms with E-state index in [4.69, 9.17) is 21.1 Å². The molecule has 0 atom stereocenters. The third-order valence-electron chi connectivity index (χ3n) is 4.77. The molecule has 3 aromatic carbocycles. The molecule has 0 saturated carbocycles. The van der Waals surface area contributed by atoms with Gasteiger partial charge in [0.2, 0.25) is 0 Å². The fourth-order valence-electron chi connectivity index (χ4n) is 3.47. The Kier molecular flexibility index (Phi) is 5.97. The van der Waals surface area contributed by atoms with Crippen LogP contribution in [-0.4, -0.2) is 24.3 Å². The van der Waals surface area contributed by atoms with E-state index in [-0.39, 0.29) is 26.9 Å². The highest BCUT2D eigenvalue weighted by molar-refractivity contribution is 7.90. The first-order chi connectivity index (χ1) is 15.7. The monoisotopic (exact) mass is 483 g/mol. The van der Waals surface area contributed by atoms with Crippen molar-refractivity contribution >= 4 is 44.5 Å². The van der Waals surface area contributed by atoms with E-state index < -0.39 is 22.0 Å². The molecule has 4 aromatic rings. The van der Waals surface area contributed by atoms with Gasteiger partial charge in [0.05, 0.1) is 21.1 Å². The van der Waals surface area contributed by atoms with Crippen molar-refractivity contribution in [2.75, 3.05) is 0 Å². The van der Waals surface area contributed by atoms with Gasteiger partial charge < -0.3 is 9.47 Å². The summed E-state index contributed by atoms with van der Waals surface area (Å²) in [6, 6.07) is 18.9. The van der Waals surface area contributed by atoms with Gasteiger partial charge in [-0.2, -0.15) is 0 Å². The van der Waals surface area contributed by atoms with Gasteiger partial charge in [0.15, 0.2) is 0 Å². The van der Waals surface area contributed by atoms with Gasteiger partial charge in [0.25, 0.3) is 10.0 Å². The Bertz CT molecular complexity index is 1480. The van der Waals surface area contributed by atoms with Crippen molar-refractivity contribution in [1.82, 2.24) is 3.97 Å². The summed E-state index contributed by atoms with van der Waals surface area (Å²) in [5.41, 5.74) is 0.965. The Labute approximate surface area is 195 Å². The van der Waals surface area contributed by atoms with Crippen molar-refractivity contribution in [2.45, 2.75) is 18.7 Å². The van der Waals surface area contributed by atoms with E-state index in [0.717, 1.165) is 3.97 Å². The Hall–Kier alpha value is -3.62. The van der Waals surface area contributed by atoms with E-state index >= 15 is 0 Å². The second-order valence-electron chi connectivity index (χ2n) is 7.14. The smallest absolute Gasteiger partial charge is 0.308 e. The lowest BCUT2D eigenvalue weighted by molar-refractivity contribution is -0.132. The van der Waals surface area contributed by atoms with Crippen molar-refractivity contribution in [3.05, 3.63) is 77.8 Å². The number of esters is 2. The van der Waals surface area contributed by atoms with Gasteiger partial charge in [-0.25, -0.2) is 12.4 Å². The van der Waals surface area contributed by atoms with Crippen LogP contribution in [0.4, 0.5) is 0 Å². The van der Waals surface area contributed by atoms with Gasteiger partial charge in [0, 0.05) is 30.9 Å². The summed E-state index contributed by atoms with van der Waals surface area (Å²) in [5, 5.41) is 0.672. The number of fused-ring (bicyclic) bond motifs is 1. The number of halogens is 1. The molecule has 9 heteroatoms. The molecular weight excluding hydrogens is 466 g/mol. The quantitative estimate of drug-likeness (QED) is 0.291. The third kappa shape index (κ3) is 4.35. The summed E-state index contributed by atoms with van der Waals surface area (Å²) in [6.07, 6.45) is 0.